The zero-order valence-corrected chi connectivity index (χ0v) is 20.8. The Bertz CT molecular complexity index is 2280. The molecule has 7 N–H and O–H groups in total. The molecule has 6 rings (SSSR count). The molecular formula is C27H13NO15. The Balaban J connectivity index is 1.39. The number of benzene rings is 4. The molecule has 0 saturated carbocycles. The summed E-state index contributed by atoms with van der Waals surface area (Å²) in [6.07, 6.45) is 0. The van der Waals surface area contributed by atoms with Gasteiger partial charge in [-0.1, -0.05) is 0 Å². The van der Waals surface area contributed by atoms with Gasteiger partial charge in [0.05, 0.1) is 16.3 Å². The molecule has 6 aromatic rings. The number of ketones is 1. The lowest BCUT2D eigenvalue weighted by Crippen LogP contribution is -2.08. The van der Waals surface area contributed by atoms with E-state index < -0.39 is 96.8 Å². The first kappa shape index (κ1) is 26.5. The molecule has 2 heterocycles. The third-order valence-corrected chi connectivity index (χ3v) is 6.53. The van der Waals surface area contributed by atoms with E-state index in [-0.39, 0.29) is 21.5 Å². The zero-order chi connectivity index (χ0) is 30.9. The van der Waals surface area contributed by atoms with E-state index in [2.05, 4.69) is 5.18 Å². The summed E-state index contributed by atoms with van der Waals surface area (Å²) in [4.78, 5) is 59.0. The maximum Gasteiger partial charge on any atom is 0.344 e. The number of phenols is 7. The minimum Gasteiger partial charge on any atom is -0.505 e. The van der Waals surface area contributed by atoms with E-state index in [4.69, 9.17) is 18.6 Å². The second-order valence-corrected chi connectivity index (χ2v) is 9.01. The topological polar surface area (TPSA) is 267 Å². The molecule has 16 heteroatoms. The van der Waals surface area contributed by atoms with Crippen molar-refractivity contribution in [3.8, 4) is 51.7 Å². The molecule has 0 bridgehead atoms. The minimum absolute atomic E-state index is 0.148. The molecule has 2 aromatic heterocycles. The van der Waals surface area contributed by atoms with Gasteiger partial charge >= 0.3 is 11.3 Å². The summed E-state index contributed by atoms with van der Waals surface area (Å²) >= 11 is 0. The molecule has 4 aromatic carbocycles. The molecule has 0 aliphatic carbocycles. The van der Waals surface area contributed by atoms with Crippen molar-refractivity contribution in [2.24, 2.45) is 5.18 Å². The van der Waals surface area contributed by atoms with Crippen molar-refractivity contribution in [1.29, 1.82) is 0 Å². The van der Waals surface area contributed by atoms with Gasteiger partial charge in [0, 0.05) is 22.4 Å². The highest BCUT2D eigenvalue weighted by Crippen LogP contribution is 2.46. The molecule has 216 valence electrons. The van der Waals surface area contributed by atoms with Crippen molar-refractivity contribution >= 4 is 44.2 Å². The number of rotatable bonds is 6. The van der Waals surface area contributed by atoms with E-state index in [0.717, 1.165) is 36.4 Å². The highest BCUT2D eigenvalue weighted by atomic mass is 17.2. The first-order valence-electron chi connectivity index (χ1n) is 11.7. The summed E-state index contributed by atoms with van der Waals surface area (Å²) < 4.78 is 10.2. The molecule has 0 saturated heterocycles. The Hall–Kier alpha value is -6.71. The van der Waals surface area contributed by atoms with E-state index in [1.807, 2.05) is 0 Å². The number of carbonyl (C=O) groups is 1. The molecule has 43 heavy (non-hydrogen) atoms. The summed E-state index contributed by atoms with van der Waals surface area (Å²) in [5.41, 5.74) is -5.07. The molecule has 0 atom stereocenters. The average Bonchev–Trinajstić information content (AvgIpc) is 2.96. The number of nitroso groups, excluding NO2 is 1. The smallest absolute Gasteiger partial charge is 0.344 e. The first-order chi connectivity index (χ1) is 20.4. The van der Waals surface area contributed by atoms with Crippen LogP contribution in [0.1, 0.15) is 15.9 Å². The molecule has 0 aliphatic rings. The van der Waals surface area contributed by atoms with Crippen LogP contribution in [-0.4, -0.2) is 41.5 Å². The number of aromatic hydroxyl groups is 7. The number of hydrogen-bond acceptors (Lipinski definition) is 16. The van der Waals surface area contributed by atoms with Gasteiger partial charge in [0.1, 0.15) is 5.75 Å². The third-order valence-electron chi connectivity index (χ3n) is 6.53. The highest BCUT2D eigenvalue weighted by molar-refractivity contribution is 6.22. The van der Waals surface area contributed by atoms with Crippen molar-refractivity contribution in [3.63, 3.8) is 0 Å². The van der Waals surface area contributed by atoms with Crippen LogP contribution in [-0.2, 0) is 0 Å². The largest absolute Gasteiger partial charge is 0.505 e. The summed E-state index contributed by atoms with van der Waals surface area (Å²) in [7, 11) is 0. The molecule has 0 fully saturated rings. The van der Waals surface area contributed by atoms with Crippen LogP contribution in [0, 0.1) is 4.91 Å². The van der Waals surface area contributed by atoms with Crippen LogP contribution in [0.5, 0.6) is 51.7 Å². The van der Waals surface area contributed by atoms with E-state index in [0.29, 0.717) is 0 Å². The molecule has 0 amide bonds. The number of carbonyl (C=O) groups excluding carboxylic acids is 1. The Labute approximate surface area is 233 Å². The van der Waals surface area contributed by atoms with Crippen LogP contribution in [0.4, 0.5) is 5.69 Å². The second kappa shape index (κ2) is 9.16. The standard InChI is InChI=1S/C27H13NO15/c29-11-2-1-8(20(34)18(11)28-39)19(33)7-3-13(31)23(14(32)4-7)43-42-15-6-10-17-16-9(26(37)41-25(17)22(15)36)5-12(30)21(35)24(16)40-27(10)38/h1-6,29-32,34-36H. The summed E-state index contributed by atoms with van der Waals surface area (Å²) in [6, 6.07) is 5.26. The predicted molar refractivity (Wildman–Crippen MR) is 142 cm³/mol. The van der Waals surface area contributed by atoms with Gasteiger partial charge in [-0.25, -0.2) is 9.59 Å². The lowest BCUT2D eigenvalue weighted by Gasteiger charge is -2.14. The maximum absolute atomic E-state index is 12.9. The Kier molecular flexibility index (Phi) is 5.65. The maximum atomic E-state index is 12.9. The lowest BCUT2D eigenvalue weighted by atomic mass is 10.0. The third kappa shape index (κ3) is 3.81. The van der Waals surface area contributed by atoms with Gasteiger partial charge in [0.15, 0.2) is 45.6 Å². The van der Waals surface area contributed by atoms with E-state index in [1.165, 1.54) is 0 Å². The SMILES string of the molecule is O=Nc1c(O)ccc(C(=O)c2cc(O)c(OOc3cc4c(=O)oc5c(O)c(O)cc6c(=O)oc(c3O)c4c56)c(O)c2)c1O. The minimum atomic E-state index is -1.11. The van der Waals surface area contributed by atoms with Crippen LogP contribution in [0.3, 0.4) is 0 Å². The lowest BCUT2D eigenvalue weighted by molar-refractivity contribution is -0.105. The van der Waals surface area contributed by atoms with Crippen LogP contribution >= 0.6 is 0 Å². The van der Waals surface area contributed by atoms with E-state index in [1.54, 1.807) is 0 Å². The Morgan fingerprint density at radius 1 is 0.674 bits per heavy atom. The normalized spacial score (nSPS) is 11.3. The van der Waals surface area contributed by atoms with Crippen molar-refractivity contribution in [1.82, 2.24) is 0 Å². The fourth-order valence-corrected chi connectivity index (χ4v) is 4.53. The van der Waals surface area contributed by atoms with Gasteiger partial charge in [-0.05, 0) is 35.5 Å². The van der Waals surface area contributed by atoms with Crippen molar-refractivity contribution in [3.05, 3.63) is 73.3 Å². The van der Waals surface area contributed by atoms with Crippen molar-refractivity contribution in [2.45, 2.75) is 0 Å². The predicted octanol–water partition coefficient (Wildman–Crippen LogP) is 3.43. The monoisotopic (exact) mass is 591 g/mol. The van der Waals surface area contributed by atoms with E-state index in [9.17, 15) is 55.0 Å². The summed E-state index contributed by atoms with van der Waals surface area (Å²) in [5, 5.41) is 73.0. The number of nitrogens with zero attached hydrogens (tertiary/aromatic N) is 1. The van der Waals surface area contributed by atoms with Gasteiger partial charge in [0.2, 0.25) is 17.2 Å². The second-order valence-electron chi connectivity index (χ2n) is 9.01. The number of phenolic OH excluding ortho intramolecular Hbond substituents is 7. The molecule has 16 nitrogen and oxygen atoms in total. The van der Waals surface area contributed by atoms with Gasteiger partial charge in [-0.2, -0.15) is 0 Å². The molecule has 0 spiro atoms. The first-order valence-corrected chi connectivity index (χ1v) is 11.7. The number of hydrogen-bond donors (Lipinski definition) is 7. The Morgan fingerprint density at radius 2 is 1.26 bits per heavy atom. The molecule has 0 aliphatic heterocycles. The van der Waals surface area contributed by atoms with E-state index >= 15 is 0 Å². The fraction of sp³-hybridized carbons (Fsp3) is 0. The highest BCUT2D eigenvalue weighted by Gasteiger charge is 2.27. The summed E-state index contributed by atoms with van der Waals surface area (Å²) in [5.74, 6) is -8.40. The van der Waals surface area contributed by atoms with Gasteiger partial charge in [0.25, 0.3) is 5.75 Å². The van der Waals surface area contributed by atoms with Crippen molar-refractivity contribution in [2.75, 3.05) is 0 Å². The quantitative estimate of drug-likeness (QED) is 0.0278. The molecular weight excluding hydrogens is 578 g/mol. The molecule has 0 unspecified atom stereocenters. The van der Waals surface area contributed by atoms with Gasteiger partial charge < -0.3 is 44.6 Å². The van der Waals surface area contributed by atoms with Crippen LogP contribution in [0.2, 0.25) is 0 Å². The molecule has 0 radical (unpaired) electrons. The van der Waals surface area contributed by atoms with Gasteiger partial charge in [-0.15, -0.1) is 4.91 Å². The van der Waals surface area contributed by atoms with Crippen LogP contribution in [0.15, 0.2) is 60.0 Å². The zero-order valence-electron chi connectivity index (χ0n) is 20.8. The van der Waals surface area contributed by atoms with Crippen molar-refractivity contribution < 1.29 is 59.1 Å². The van der Waals surface area contributed by atoms with Crippen LogP contribution in [0.25, 0.3) is 32.7 Å². The summed E-state index contributed by atoms with van der Waals surface area (Å²) in [6.45, 7) is 0. The average molecular weight is 591 g/mol. The Morgan fingerprint density at radius 3 is 1.86 bits per heavy atom. The van der Waals surface area contributed by atoms with Gasteiger partial charge in [-0.3, -0.25) is 14.6 Å². The van der Waals surface area contributed by atoms with Crippen LogP contribution < -0.4 is 21.0 Å². The fourth-order valence-electron chi connectivity index (χ4n) is 4.53.